The van der Waals surface area contributed by atoms with Crippen molar-refractivity contribution in [2.24, 2.45) is 4.99 Å². The monoisotopic (exact) mass is 463 g/mol. The van der Waals surface area contributed by atoms with Crippen LogP contribution in [0, 0.1) is 6.92 Å². The van der Waals surface area contributed by atoms with Gasteiger partial charge in [-0.25, -0.2) is 4.98 Å². The second-order valence-electron chi connectivity index (χ2n) is 7.04. The number of rotatable bonds is 4. The standard InChI is InChI=1S/C22H20Cl3N3S/c1-4-19-12(2)26-22(29-19)20-13(3)28(16-8-5-14(23)6-9-16)21(27-20)17-10-7-15(24)11-18(17)25/h5-12,19H,4H2,1-3H3. The number of aliphatic imine (C=N–C) groups is 1. The molecule has 150 valence electrons. The molecular weight excluding hydrogens is 445 g/mol. The van der Waals surface area contributed by atoms with Crippen LogP contribution in [0.4, 0.5) is 0 Å². The maximum atomic E-state index is 6.54. The molecule has 29 heavy (non-hydrogen) atoms. The fourth-order valence-electron chi connectivity index (χ4n) is 3.54. The molecule has 7 heteroatoms. The van der Waals surface area contributed by atoms with Gasteiger partial charge in [-0.1, -0.05) is 53.5 Å². The van der Waals surface area contributed by atoms with E-state index in [9.17, 15) is 0 Å². The van der Waals surface area contributed by atoms with E-state index in [0.29, 0.717) is 20.3 Å². The number of benzene rings is 2. The summed E-state index contributed by atoms with van der Waals surface area (Å²) in [7, 11) is 0. The summed E-state index contributed by atoms with van der Waals surface area (Å²) in [5.41, 5.74) is 3.71. The number of hydrogen-bond donors (Lipinski definition) is 0. The first-order valence-corrected chi connectivity index (χ1v) is 11.5. The Morgan fingerprint density at radius 1 is 1.03 bits per heavy atom. The molecule has 2 atom stereocenters. The van der Waals surface area contributed by atoms with E-state index >= 15 is 0 Å². The van der Waals surface area contributed by atoms with Crippen molar-refractivity contribution >= 4 is 51.6 Å². The molecule has 0 spiro atoms. The maximum absolute atomic E-state index is 6.54. The molecule has 2 unspecified atom stereocenters. The van der Waals surface area contributed by atoms with Crippen LogP contribution in [0.5, 0.6) is 0 Å². The van der Waals surface area contributed by atoms with Gasteiger partial charge in [-0.05, 0) is 62.7 Å². The second kappa shape index (κ2) is 8.35. The van der Waals surface area contributed by atoms with Crippen LogP contribution in [0.15, 0.2) is 47.5 Å². The number of imidazole rings is 1. The number of hydrogen-bond acceptors (Lipinski definition) is 3. The third-order valence-corrected chi connectivity index (χ3v) is 7.44. The summed E-state index contributed by atoms with van der Waals surface area (Å²) < 4.78 is 2.10. The number of halogens is 3. The maximum Gasteiger partial charge on any atom is 0.147 e. The Labute approximate surface area is 190 Å². The van der Waals surface area contributed by atoms with Crippen LogP contribution in [0.25, 0.3) is 17.1 Å². The van der Waals surface area contributed by atoms with Crippen LogP contribution in [0.2, 0.25) is 15.1 Å². The predicted octanol–water partition coefficient (Wildman–Crippen LogP) is 7.47. The van der Waals surface area contributed by atoms with Crippen molar-refractivity contribution in [3.8, 4) is 17.1 Å². The van der Waals surface area contributed by atoms with Crippen molar-refractivity contribution in [3.05, 3.63) is 68.9 Å². The summed E-state index contributed by atoms with van der Waals surface area (Å²) in [6.45, 7) is 6.43. The Kier molecular flexibility index (Phi) is 5.99. The van der Waals surface area contributed by atoms with Crippen LogP contribution in [-0.4, -0.2) is 25.9 Å². The Hall–Kier alpha value is -1.46. The molecule has 0 bridgehead atoms. The Balaban J connectivity index is 1.92. The fraction of sp³-hybridized carbons (Fsp3) is 0.273. The first kappa shape index (κ1) is 20.8. The lowest BCUT2D eigenvalue weighted by molar-refractivity contribution is 0.686. The zero-order valence-corrected chi connectivity index (χ0v) is 19.4. The van der Waals surface area contributed by atoms with E-state index in [0.717, 1.165) is 39.9 Å². The minimum absolute atomic E-state index is 0.280. The van der Waals surface area contributed by atoms with Crippen molar-refractivity contribution in [2.45, 2.75) is 38.5 Å². The van der Waals surface area contributed by atoms with E-state index in [1.54, 1.807) is 17.8 Å². The molecular formula is C22H20Cl3N3S. The Morgan fingerprint density at radius 2 is 1.72 bits per heavy atom. The highest BCUT2D eigenvalue weighted by molar-refractivity contribution is 8.15. The van der Waals surface area contributed by atoms with E-state index in [4.69, 9.17) is 44.8 Å². The van der Waals surface area contributed by atoms with Crippen LogP contribution < -0.4 is 0 Å². The largest absolute Gasteiger partial charge is 0.296 e. The van der Waals surface area contributed by atoms with Crippen LogP contribution in [0.1, 0.15) is 31.7 Å². The van der Waals surface area contributed by atoms with Gasteiger partial charge in [0.2, 0.25) is 0 Å². The minimum atomic E-state index is 0.280. The van der Waals surface area contributed by atoms with Gasteiger partial charge < -0.3 is 0 Å². The lowest BCUT2D eigenvalue weighted by Crippen LogP contribution is -2.11. The van der Waals surface area contributed by atoms with E-state index in [2.05, 4.69) is 25.3 Å². The molecule has 3 aromatic rings. The Morgan fingerprint density at radius 3 is 2.34 bits per heavy atom. The number of aromatic nitrogens is 2. The molecule has 0 aliphatic carbocycles. The lowest BCUT2D eigenvalue weighted by Gasteiger charge is -2.12. The predicted molar refractivity (Wildman–Crippen MR) is 126 cm³/mol. The van der Waals surface area contributed by atoms with Gasteiger partial charge in [0.1, 0.15) is 16.6 Å². The van der Waals surface area contributed by atoms with E-state index in [-0.39, 0.29) is 6.04 Å². The summed E-state index contributed by atoms with van der Waals surface area (Å²) in [6.07, 6.45) is 1.08. The van der Waals surface area contributed by atoms with E-state index in [1.807, 2.05) is 36.4 Å². The Bertz CT molecular complexity index is 1090. The average Bonchev–Trinajstić information content (AvgIpc) is 3.22. The van der Waals surface area contributed by atoms with Crippen molar-refractivity contribution in [1.82, 2.24) is 9.55 Å². The molecule has 0 saturated carbocycles. The van der Waals surface area contributed by atoms with Gasteiger partial charge in [0, 0.05) is 26.5 Å². The summed E-state index contributed by atoms with van der Waals surface area (Å²) in [5.74, 6) is 0.761. The smallest absolute Gasteiger partial charge is 0.147 e. The van der Waals surface area contributed by atoms with Crippen LogP contribution in [-0.2, 0) is 0 Å². The fourth-order valence-corrected chi connectivity index (χ4v) is 5.41. The first-order valence-electron chi connectivity index (χ1n) is 9.44. The van der Waals surface area contributed by atoms with Crippen molar-refractivity contribution < 1.29 is 0 Å². The highest BCUT2D eigenvalue weighted by atomic mass is 35.5. The average molecular weight is 465 g/mol. The zero-order chi connectivity index (χ0) is 20.7. The number of thioether (sulfide) groups is 1. The SMILES string of the molecule is CCC1SC(c2nc(-c3ccc(Cl)cc3Cl)n(-c3ccc(Cl)cc3)c2C)=NC1C. The third-order valence-electron chi connectivity index (χ3n) is 5.09. The third kappa shape index (κ3) is 3.96. The van der Waals surface area contributed by atoms with Crippen molar-refractivity contribution in [1.29, 1.82) is 0 Å². The van der Waals surface area contributed by atoms with Crippen LogP contribution >= 0.6 is 46.6 Å². The summed E-state index contributed by atoms with van der Waals surface area (Å²) in [4.78, 5) is 9.90. The molecule has 0 radical (unpaired) electrons. The quantitative estimate of drug-likeness (QED) is 0.401. The molecule has 1 aliphatic heterocycles. The van der Waals surface area contributed by atoms with Gasteiger partial charge in [-0.2, -0.15) is 0 Å². The molecule has 0 fully saturated rings. The molecule has 3 nitrogen and oxygen atoms in total. The lowest BCUT2D eigenvalue weighted by atomic mass is 10.2. The topological polar surface area (TPSA) is 30.2 Å². The van der Waals surface area contributed by atoms with E-state index < -0.39 is 0 Å². The van der Waals surface area contributed by atoms with Gasteiger partial charge >= 0.3 is 0 Å². The van der Waals surface area contributed by atoms with Crippen molar-refractivity contribution in [3.63, 3.8) is 0 Å². The molecule has 0 amide bonds. The van der Waals surface area contributed by atoms with Gasteiger partial charge in [-0.15, -0.1) is 0 Å². The van der Waals surface area contributed by atoms with Gasteiger partial charge in [-0.3, -0.25) is 9.56 Å². The molecule has 1 aliphatic rings. The van der Waals surface area contributed by atoms with Gasteiger partial charge in [0.15, 0.2) is 0 Å². The minimum Gasteiger partial charge on any atom is -0.296 e. The van der Waals surface area contributed by atoms with Gasteiger partial charge in [0.05, 0.1) is 16.8 Å². The molecule has 2 aromatic carbocycles. The normalized spacial score (nSPS) is 18.9. The molecule has 4 rings (SSSR count). The highest BCUT2D eigenvalue weighted by Crippen LogP contribution is 2.37. The molecule has 1 aromatic heterocycles. The van der Waals surface area contributed by atoms with Crippen molar-refractivity contribution in [2.75, 3.05) is 0 Å². The van der Waals surface area contributed by atoms with Gasteiger partial charge in [0.25, 0.3) is 0 Å². The second-order valence-corrected chi connectivity index (χ2v) is 9.55. The molecule has 0 N–H and O–H groups in total. The molecule has 2 heterocycles. The summed E-state index contributed by atoms with van der Waals surface area (Å²) in [5, 5.41) is 3.31. The zero-order valence-electron chi connectivity index (χ0n) is 16.3. The first-order chi connectivity index (χ1) is 13.9. The summed E-state index contributed by atoms with van der Waals surface area (Å²) in [6, 6.07) is 13.5. The highest BCUT2D eigenvalue weighted by Gasteiger charge is 2.30. The van der Waals surface area contributed by atoms with E-state index in [1.165, 1.54) is 0 Å². The summed E-state index contributed by atoms with van der Waals surface area (Å²) >= 11 is 20.6. The van der Waals surface area contributed by atoms with Crippen LogP contribution in [0.3, 0.4) is 0 Å². The number of nitrogens with zero attached hydrogens (tertiary/aromatic N) is 3. The molecule has 0 saturated heterocycles.